The number of nitrogens with one attached hydrogen (secondary N) is 1. The fourth-order valence-corrected chi connectivity index (χ4v) is 3.23. The minimum Gasteiger partial charge on any atom is -0.494 e. The molecular weight excluding hydrogens is 412 g/mol. The van der Waals surface area contributed by atoms with E-state index in [9.17, 15) is 9.59 Å². The van der Waals surface area contributed by atoms with Gasteiger partial charge in [-0.2, -0.15) is 0 Å². The van der Waals surface area contributed by atoms with Gasteiger partial charge in [-0.25, -0.2) is 0 Å². The Bertz CT molecular complexity index is 1290. The summed E-state index contributed by atoms with van der Waals surface area (Å²) in [6.45, 7) is 2.50. The number of benzene rings is 2. The molecule has 0 saturated carbocycles. The van der Waals surface area contributed by atoms with Crippen LogP contribution in [0.25, 0.3) is 22.3 Å². The Labute approximate surface area is 183 Å². The van der Waals surface area contributed by atoms with Crippen LogP contribution in [0.5, 0.6) is 11.6 Å². The third-order valence-corrected chi connectivity index (χ3v) is 4.81. The summed E-state index contributed by atoms with van der Waals surface area (Å²) in [6.07, 6.45) is 0.574. The van der Waals surface area contributed by atoms with Crippen LogP contribution < -0.4 is 20.2 Å². The van der Waals surface area contributed by atoms with E-state index in [0.29, 0.717) is 47.1 Å². The minimum atomic E-state index is -0.213. The first-order valence-electron chi connectivity index (χ1n) is 10.2. The summed E-state index contributed by atoms with van der Waals surface area (Å²) in [5.41, 5.74) is 1.53. The van der Waals surface area contributed by atoms with Gasteiger partial charge in [0.15, 0.2) is 5.43 Å². The van der Waals surface area contributed by atoms with Crippen molar-refractivity contribution in [1.29, 1.82) is 0 Å². The van der Waals surface area contributed by atoms with E-state index in [4.69, 9.17) is 18.4 Å². The van der Waals surface area contributed by atoms with Crippen LogP contribution in [0, 0.1) is 0 Å². The molecule has 0 radical (unpaired) electrons. The Morgan fingerprint density at radius 1 is 1.09 bits per heavy atom. The molecule has 0 fully saturated rings. The molecule has 1 N–H and O–H groups in total. The third kappa shape index (κ3) is 4.80. The minimum absolute atomic E-state index is 0.194. The van der Waals surface area contributed by atoms with E-state index in [-0.39, 0.29) is 17.8 Å². The molecule has 0 aliphatic rings. The number of carbonyl (C=O) groups excluding carboxylic acids is 1. The number of amides is 1. The number of aromatic nitrogens is 1. The number of aryl methyl sites for hydroxylation is 1. The predicted molar refractivity (Wildman–Crippen MR) is 119 cm³/mol. The second-order valence-electron chi connectivity index (χ2n) is 7.03. The normalized spacial score (nSPS) is 10.8. The highest BCUT2D eigenvalue weighted by Gasteiger charge is 2.11. The molecule has 1 amide bonds. The lowest BCUT2D eigenvalue weighted by Crippen LogP contribution is -2.12. The molecule has 0 unspecified atom stereocenters. The fraction of sp³-hybridized carbons (Fsp3) is 0.208. The summed E-state index contributed by atoms with van der Waals surface area (Å²) in [6, 6.07) is 15.4. The molecule has 4 aromatic rings. The molecule has 2 heterocycles. The van der Waals surface area contributed by atoms with Crippen molar-refractivity contribution in [1.82, 2.24) is 5.16 Å². The van der Waals surface area contributed by atoms with Crippen LogP contribution in [-0.4, -0.2) is 24.8 Å². The molecule has 2 aromatic carbocycles. The van der Waals surface area contributed by atoms with Crippen molar-refractivity contribution in [3.05, 3.63) is 70.6 Å². The van der Waals surface area contributed by atoms with Crippen LogP contribution in [0.4, 0.5) is 5.69 Å². The number of carbonyl (C=O) groups is 1. The van der Waals surface area contributed by atoms with Gasteiger partial charge in [0.05, 0.1) is 19.1 Å². The molecule has 0 atom stereocenters. The highest BCUT2D eigenvalue weighted by molar-refractivity contribution is 5.93. The van der Waals surface area contributed by atoms with Crippen molar-refractivity contribution >= 4 is 22.6 Å². The van der Waals surface area contributed by atoms with Crippen LogP contribution in [0.2, 0.25) is 0 Å². The zero-order valence-corrected chi connectivity index (χ0v) is 17.7. The van der Waals surface area contributed by atoms with Crippen molar-refractivity contribution in [3.63, 3.8) is 0 Å². The fourth-order valence-electron chi connectivity index (χ4n) is 3.23. The summed E-state index contributed by atoms with van der Waals surface area (Å²) in [5.74, 6) is 1.92. The second-order valence-corrected chi connectivity index (χ2v) is 7.03. The third-order valence-electron chi connectivity index (χ3n) is 4.81. The van der Waals surface area contributed by atoms with Crippen molar-refractivity contribution in [2.75, 3.05) is 19.0 Å². The highest BCUT2D eigenvalue weighted by Crippen LogP contribution is 2.26. The SMILES string of the molecule is CCOc1ccc(-c2cc(=O)c3cc(NC(=O)CCc4cc(OC)no4)ccc3o2)cc1. The van der Waals surface area contributed by atoms with Crippen molar-refractivity contribution < 1.29 is 23.2 Å². The maximum absolute atomic E-state index is 12.7. The van der Waals surface area contributed by atoms with E-state index in [1.165, 1.54) is 13.2 Å². The van der Waals surface area contributed by atoms with Gasteiger partial charge in [-0.3, -0.25) is 9.59 Å². The highest BCUT2D eigenvalue weighted by atomic mass is 16.5. The zero-order chi connectivity index (χ0) is 22.5. The monoisotopic (exact) mass is 434 g/mol. The summed E-state index contributed by atoms with van der Waals surface area (Å²) in [5, 5.41) is 6.88. The summed E-state index contributed by atoms with van der Waals surface area (Å²) >= 11 is 0. The standard InChI is InChI=1S/C24H22N2O6/c1-3-30-17-7-4-15(5-8-17)22-14-20(27)19-12-16(6-10-21(19)31-22)25-23(28)11-9-18-13-24(29-2)26-32-18/h4-8,10,12-14H,3,9,11H2,1-2H3,(H,25,28). The average molecular weight is 434 g/mol. The Morgan fingerprint density at radius 3 is 2.62 bits per heavy atom. The van der Waals surface area contributed by atoms with E-state index in [2.05, 4.69) is 10.5 Å². The number of ether oxygens (including phenoxy) is 2. The average Bonchev–Trinajstić information content (AvgIpc) is 3.27. The van der Waals surface area contributed by atoms with Gasteiger partial charge in [0, 0.05) is 36.2 Å². The molecule has 0 saturated heterocycles. The Balaban J connectivity index is 1.47. The van der Waals surface area contributed by atoms with E-state index in [1.807, 2.05) is 31.2 Å². The molecule has 0 bridgehead atoms. The van der Waals surface area contributed by atoms with Gasteiger partial charge in [0.2, 0.25) is 5.91 Å². The largest absolute Gasteiger partial charge is 0.494 e. The Hall–Kier alpha value is -4.07. The Morgan fingerprint density at radius 2 is 1.91 bits per heavy atom. The number of fused-ring (bicyclic) bond motifs is 1. The lowest BCUT2D eigenvalue weighted by atomic mass is 10.1. The maximum atomic E-state index is 12.7. The molecule has 32 heavy (non-hydrogen) atoms. The maximum Gasteiger partial charge on any atom is 0.254 e. The van der Waals surface area contributed by atoms with Crippen LogP contribution in [-0.2, 0) is 11.2 Å². The lowest BCUT2D eigenvalue weighted by molar-refractivity contribution is -0.116. The first kappa shape index (κ1) is 21.2. The van der Waals surface area contributed by atoms with Crippen LogP contribution in [0.1, 0.15) is 19.1 Å². The second kappa shape index (κ2) is 9.38. The van der Waals surface area contributed by atoms with Crippen LogP contribution in [0.3, 0.4) is 0 Å². The molecular formula is C24H22N2O6. The number of anilines is 1. The van der Waals surface area contributed by atoms with Gasteiger partial charge < -0.3 is 23.7 Å². The summed E-state index contributed by atoms with van der Waals surface area (Å²) < 4.78 is 21.4. The number of hydrogen-bond donors (Lipinski definition) is 1. The van der Waals surface area contributed by atoms with Gasteiger partial charge >= 0.3 is 0 Å². The van der Waals surface area contributed by atoms with Crippen molar-refractivity contribution in [2.45, 2.75) is 19.8 Å². The molecule has 0 spiro atoms. The molecule has 8 nitrogen and oxygen atoms in total. The molecule has 0 aliphatic heterocycles. The molecule has 4 rings (SSSR count). The van der Waals surface area contributed by atoms with Crippen LogP contribution >= 0.6 is 0 Å². The number of nitrogens with zero attached hydrogens (tertiary/aromatic N) is 1. The van der Waals surface area contributed by atoms with Gasteiger partial charge in [-0.05, 0) is 54.5 Å². The smallest absolute Gasteiger partial charge is 0.254 e. The van der Waals surface area contributed by atoms with Crippen molar-refractivity contribution in [3.8, 4) is 23.0 Å². The van der Waals surface area contributed by atoms with Gasteiger partial charge in [-0.1, -0.05) is 0 Å². The summed E-state index contributed by atoms with van der Waals surface area (Å²) in [4.78, 5) is 25.0. The molecule has 164 valence electrons. The number of rotatable bonds is 8. The van der Waals surface area contributed by atoms with E-state index < -0.39 is 0 Å². The predicted octanol–water partition coefficient (Wildman–Crippen LogP) is 4.43. The van der Waals surface area contributed by atoms with E-state index in [0.717, 1.165) is 11.3 Å². The number of hydrogen-bond acceptors (Lipinski definition) is 7. The van der Waals surface area contributed by atoms with Gasteiger partial charge in [0.1, 0.15) is 22.9 Å². The van der Waals surface area contributed by atoms with Crippen molar-refractivity contribution in [2.24, 2.45) is 0 Å². The molecule has 0 aliphatic carbocycles. The first-order chi connectivity index (χ1) is 15.6. The van der Waals surface area contributed by atoms with Gasteiger partial charge in [-0.15, -0.1) is 0 Å². The quantitative estimate of drug-likeness (QED) is 0.438. The van der Waals surface area contributed by atoms with E-state index >= 15 is 0 Å². The first-order valence-corrected chi connectivity index (χ1v) is 10.2. The summed E-state index contributed by atoms with van der Waals surface area (Å²) in [7, 11) is 1.49. The van der Waals surface area contributed by atoms with Crippen LogP contribution in [0.15, 0.2) is 68.3 Å². The Kier molecular flexibility index (Phi) is 6.21. The lowest BCUT2D eigenvalue weighted by Gasteiger charge is -2.08. The van der Waals surface area contributed by atoms with Gasteiger partial charge in [0.25, 0.3) is 5.88 Å². The molecule has 2 aromatic heterocycles. The topological polar surface area (TPSA) is 104 Å². The number of methoxy groups -OCH3 is 1. The molecule has 8 heteroatoms. The zero-order valence-electron chi connectivity index (χ0n) is 17.7. The van der Waals surface area contributed by atoms with E-state index in [1.54, 1.807) is 24.3 Å².